The highest BCUT2D eigenvalue weighted by Crippen LogP contribution is 2.24. The monoisotopic (exact) mass is 420 g/mol. The van der Waals surface area contributed by atoms with Gasteiger partial charge in [-0.25, -0.2) is 4.98 Å². The van der Waals surface area contributed by atoms with Crippen molar-refractivity contribution in [1.82, 2.24) is 14.7 Å². The zero-order valence-electron chi connectivity index (χ0n) is 16.8. The van der Waals surface area contributed by atoms with Crippen molar-refractivity contribution in [3.8, 4) is 5.69 Å². The number of nitrogens with one attached hydrogen (secondary N) is 1. The van der Waals surface area contributed by atoms with Crippen molar-refractivity contribution >= 4 is 34.5 Å². The molecule has 30 heavy (non-hydrogen) atoms. The lowest BCUT2D eigenvalue weighted by Crippen LogP contribution is -2.23. The van der Waals surface area contributed by atoms with Gasteiger partial charge in [-0.15, -0.1) is 0 Å². The molecule has 0 saturated carbocycles. The standard InChI is InChI=1S/C22H20N4O3S/c1-13-7-6-10-18(15(13)3)26-21(28)16-8-4-5-9-17(16)23-22(26)30-12-19(27)24-20-11-14(2)25-29-20/h4-11H,12H2,1-3H3,(H,24,27). The maximum atomic E-state index is 13.3. The average molecular weight is 420 g/mol. The Morgan fingerprint density at radius 1 is 1.13 bits per heavy atom. The number of aryl methyl sites for hydroxylation is 2. The van der Waals surface area contributed by atoms with Crippen LogP contribution in [0.3, 0.4) is 0 Å². The molecule has 2 heterocycles. The van der Waals surface area contributed by atoms with Crippen molar-refractivity contribution in [1.29, 1.82) is 0 Å². The second-order valence-corrected chi connectivity index (χ2v) is 7.88. The highest BCUT2D eigenvalue weighted by atomic mass is 32.2. The molecule has 2 aromatic carbocycles. The Bertz CT molecular complexity index is 1310. The largest absolute Gasteiger partial charge is 0.338 e. The fourth-order valence-electron chi connectivity index (χ4n) is 3.13. The predicted octanol–water partition coefficient (Wildman–Crippen LogP) is 4.03. The van der Waals surface area contributed by atoms with Crippen LogP contribution in [0.15, 0.2) is 63.0 Å². The molecule has 0 radical (unpaired) electrons. The fourth-order valence-corrected chi connectivity index (χ4v) is 3.93. The van der Waals surface area contributed by atoms with E-state index in [2.05, 4.69) is 15.5 Å². The minimum atomic E-state index is -0.272. The van der Waals surface area contributed by atoms with Gasteiger partial charge in [-0.1, -0.05) is 41.2 Å². The summed E-state index contributed by atoms with van der Waals surface area (Å²) in [7, 11) is 0. The maximum absolute atomic E-state index is 13.3. The first-order valence-corrected chi connectivity index (χ1v) is 10.4. The molecule has 2 aromatic heterocycles. The van der Waals surface area contributed by atoms with Gasteiger partial charge >= 0.3 is 0 Å². The van der Waals surface area contributed by atoms with Crippen molar-refractivity contribution in [2.45, 2.75) is 25.9 Å². The van der Waals surface area contributed by atoms with E-state index in [1.54, 1.807) is 29.7 Å². The van der Waals surface area contributed by atoms with Gasteiger partial charge in [-0.3, -0.25) is 19.5 Å². The Kier molecular flexibility index (Phi) is 5.41. The van der Waals surface area contributed by atoms with E-state index in [1.165, 1.54) is 11.8 Å². The zero-order valence-corrected chi connectivity index (χ0v) is 17.6. The van der Waals surface area contributed by atoms with E-state index in [-0.39, 0.29) is 23.1 Å². The van der Waals surface area contributed by atoms with E-state index >= 15 is 0 Å². The summed E-state index contributed by atoms with van der Waals surface area (Å²) >= 11 is 1.20. The van der Waals surface area contributed by atoms with E-state index in [1.807, 2.05) is 44.2 Å². The molecule has 4 aromatic rings. The topological polar surface area (TPSA) is 90.0 Å². The Labute approximate surface area is 177 Å². The van der Waals surface area contributed by atoms with Gasteiger partial charge in [0.25, 0.3) is 5.56 Å². The summed E-state index contributed by atoms with van der Waals surface area (Å²) in [4.78, 5) is 30.4. The number of anilines is 1. The summed E-state index contributed by atoms with van der Waals surface area (Å²) < 4.78 is 6.61. The molecule has 8 heteroatoms. The lowest BCUT2D eigenvalue weighted by Gasteiger charge is -2.16. The summed E-state index contributed by atoms with van der Waals surface area (Å²) in [6.07, 6.45) is 0. The number of carbonyl (C=O) groups excluding carboxylic acids is 1. The molecular formula is C22H20N4O3S. The van der Waals surface area contributed by atoms with Gasteiger partial charge in [0.05, 0.1) is 28.0 Å². The summed E-state index contributed by atoms with van der Waals surface area (Å²) in [6, 6.07) is 14.7. The molecule has 0 saturated heterocycles. The molecule has 0 aliphatic carbocycles. The van der Waals surface area contributed by atoms with Crippen molar-refractivity contribution in [2.24, 2.45) is 0 Å². The van der Waals surface area contributed by atoms with Gasteiger partial charge in [0.1, 0.15) is 0 Å². The van der Waals surface area contributed by atoms with E-state index < -0.39 is 0 Å². The fraction of sp³-hybridized carbons (Fsp3) is 0.182. The number of carbonyl (C=O) groups is 1. The number of rotatable bonds is 5. The number of benzene rings is 2. The lowest BCUT2D eigenvalue weighted by atomic mass is 10.1. The highest BCUT2D eigenvalue weighted by molar-refractivity contribution is 7.99. The number of hydrogen-bond acceptors (Lipinski definition) is 6. The predicted molar refractivity (Wildman–Crippen MR) is 117 cm³/mol. The van der Waals surface area contributed by atoms with E-state index in [0.717, 1.165) is 16.8 Å². The second-order valence-electron chi connectivity index (χ2n) is 6.94. The first-order chi connectivity index (χ1) is 14.4. The number of para-hydroxylation sites is 1. The van der Waals surface area contributed by atoms with Gasteiger partial charge in [-0.05, 0) is 50.1 Å². The molecule has 7 nitrogen and oxygen atoms in total. The van der Waals surface area contributed by atoms with Gasteiger partial charge < -0.3 is 4.52 Å². The Morgan fingerprint density at radius 2 is 1.93 bits per heavy atom. The molecule has 0 bridgehead atoms. The summed E-state index contributed by atoms with van der Waals surface area (Å²) in [5.74, 6) is 0.0811. The SMILES string of the molecule is Cc1cc(NC(=O)CSc2nc3ccccc3c(=O)n2-c2cccc(C)c2C)on1. The van der Waals surface area contributed by atoms with Crippen LogP contribution < -0.4 is 10.9 Å². The molecule has 4 rings (SSSR count). The Hall–Kier alpha value is -3.39. The normalized spacial score (nSPS) is 11.0. The van der Waals surface area contributed by atoms with Crippen molar-refractivity contribution in [3.63, 3.8) is 0 Å². The molecular weight excluding hydrogens is 400 g/mol. The summed E-state index contributed by atoms with van der Waals surface area (Å²) in [5, 5.41) is 7.40. The molecule has 0 spiro atoms. The van der Waals surface area contributed by atoms with Gasteiger partial charge in [-0.2, -0.15) is 0 Å². The Balaban J connectivity index is 1.73. The third kappa shape index (κ3) is 3.86. The van der Waals surface area contributed by atoms with Gasteiger partial charge in [0, 0.05) is 6.07 Å². The van der Waals surface area contributed by atoms with E-state index in [4.69, 9.17) is 4.52 Å². The molecule has 0 aliphatic rings. The number of fused-ring (bicyclic) bond motifs is 1. The zero-order chi connectivity index (χ0) is 21.3. The number of aromatic nitrogens is 3. The van der Waals surface area contributed by atoms with E-state index in [9.17, 15) is 9.59 Å². The van der Waals surface area contributed by atoms with Crippen LogP contribution in [0.5, 0.6) is 0 Å². The minimum Gasteiger partial charge on any atom is -0.338 e. The number of thioether (sulfide) groups is 1. The van der Waals surface area contributed by atoms with Crippen LogP contribution in [0.1, 0.15) is 16.8 Å². The lowest BCUT2D eigenvalue weighted by molar-refractivity contribution is -0.113. The molecule has 0 aliphatic heterocycles. The third-order valence-electron chi connectivity index (χ3n) is 4.78. The van der Waals surface area contributed by atoms with Crippen molar-refractivity contribution in [3.05, 3.63) is 75.7 Å². The highest BCUT2D eigenvalue weighted by Gasteiger charge is 2.17. The smallest absolute Gasteiger partial charge is 0.266 e. The average Bonchev–Trinajstić information content (AvgIpc) is 3.13. The van der Waals surface area contributed by atoms with Crippen molar-refractivity contribution in [2.75, 3.05) is 11.1 Å². The quantitative estimate of drug-likeness (QED) is 0.387. The maximum Gasteiger partial charge on any atom is 0.266 e. The van der Waals surface area contributed by atoms with Crippen LogP contribution >= 0.6 is 11.8 Å². The summed E-state index contributed by atoms with van der Waals surface area (Å²) in [6.45, 7) is 5.74. The van der Waals surface area contributed by atoms with Gasteiger partial charge in [0.2, 0.25) is 11.8 Å². The van der Waals surface area contributed by atoms with Crippen LogP contribution in [-0.2, 0) is 4.79 Å². The molecule has 1 N–H and O–H groups in total. The Morgan fingerprint density at radius 3 is 2.70 bits per heavy atom. The van der Waals surface area contributed by atoms with E-state index in [0.29, 0.717) is 21.8 Å². The van der Waals surface area contributed by atoms with Crippen LogP contribution in [0.4, 0.5) is 5.88 Å². The van der Waals surface area contributed by atoms with Crippen molar-refractivity contribution < 1.29 is 9.32 Å². The number of nitrogens with zero attached hydrogens (tertiary/aromatic N) is 3. The third-order valence-corrected chi connectivity index (χ3v) is 5.72. The molecule has 0 fully saturated rings. The first-order valence-electron chi connectivity index (χ1n) is 9.38. The first kappa shape index (κ1) is 19.9. The number of amides is 1. The molecule has 0 atom stereocenters. The van der Waals surface area contributed by atoms with Crippen LogP contribution in [0.25, 0.3) is 16.6 Å². The van der Waals surface area contributed by atoms with Crippen LogP contribution in [0, 0.1) is 20.8 Å². The van der Waals surface area contributed by atoms with Gasteiger partial charge in [0.15, 0.2) is 5.16 Å². The second kappa shape index (κ2) is 8.16. The molecule has 0 unspecified atom stereocenters. The molecule has 152 valence electrons. The van der Waals surface area contributed by atoms with Crippen LogP contribution in [0.2, 0.25) is 0 Å². The minimum absolute atomic E-state index is 0.0649. The van der Waals surface area contributed by atoms with Crippen LogP contribution in [-0.4, -0.2) is 26.4 Å². The summed E-state index contributed by atoms with van der Waals surface area (Å²) in [5.41, 5.74) is 3.92. The number of hydrogen-bond donors (Lipinski definition) is 1. The molecule has 1 amide bonds.